The van der Waals surface area contributed by atoms with Crippen LogP contribution >= 0.6 is 11.6 Å². The molecular formula is C19H18ClN3O3. The summed E-state index contributed by atoms with van der Waals surface area (Å²) in [5, 5.41) is 8.62. The summed E-state index contributed by atoms with van der Waals surface area (Å²) >= 11 is 5.97. The molecule has 0 fully saturated rings. The van der Waals surface area contributed by atoms with Crippen molar-refractivity contribution < 1.29 is 14.4 Å². The summed E-state index contributed by atoms with van der Waals surface area (Å²) in [5.41, 5.74) is 1.84. The first-order valence-corrected chi connectivity index (χ1v) is 8.63. The zero-order valence-corrected chi connectivity index (χ0v) is 14.7. The predicted octanol–water partition coefficient (Wildman–Crippen LogP) is 2.06. The minimum atomic E-state index is -0.323. The third-order valence-electron chi connectivity index (χ3n) is 4.13. The lowest BCUT2D eigenvalue weighted by molar-refractivity contribution is -0.121. The van der Waals surface area contributed by atoms with Crippen molar-refractivity contribution in [1.82, 2.24) is 16.0 Å². The first-order valence-electron chi connectivity index (χ1n) is 8.25. The normalized spacial score (nSPS) is 15.1. The van der Waals surface area contributed by atoms with Gasteiger partial charge in [-0.05, 0) is 23.8 Å². The second-order valence-corrected chi connectivity index (χ2v) is 6.31. The highest BCUT2D eigenvalue weighted by molar-refractivity contribution is 6.33. The maximum atomic E-state index is 12.1. The lowest BCUT2D eigenvalue weighted by Crippen LogP contribution is -2.36. The molecule has 3 N–H and O–H groups in total. The highest BCUT2D eigenvalue weighted by Crippen LogP contribution is 2.27. The molecule has 1 atom stereocenters. The average molecular weight is 372 g/mol. The van der Waals surface area contributed by atoms with Crippen LogP contribution in [0.4, 0.5) is 0 Å². The van der Waals surface area contributed by atoms with Crippen LogP contribution in [0.5, 0.6) is 0 Å². The van der Waals surface area contributed by atoms with Crippen molar-refractivity contribution in [3.8, 4) is 0 Å². The van der Waals surface area contributed by atoms with Crippen LogP contribution in [0.15, 0.2) is 48.5 Å². The second-order valence-electron chi connectivity index (χ2n) is 5.90. The smallest absolute Gasteiger partial charge is 0.252 e. The van der Waals surface area contributed by atoms with Crippen molar-refractivity contribution in [2.75, 3.05) is 13.1 Å². The van der Waals surface area contributed by atoms with Crippen LogP contribution in [-0.2, 0) is 4.79 Å². The number of benzene rings is 2. The van der Waals surface area contributed by atoms with Gasteiger partial charge in [-0.1, -0.05) is 41.9 Å². The Morgan fingerprint density at radius 1 is 1.00 bits per heavy atom. The van der Waals surface area contributed by atoms with E-state index in [2.05, 4.69) is 16.0 Å². The quantitative estimate of drug-likeness (QED) is 0.679. The Bertz CT molecular complexity index is 853. The molecule has 3 rings (SSSR count). The van der Waals surface area contributed by atoms with Gasteiger partial charge in [-0.15, -0.1) is 0 Å². The molecule has 2 aromatic carbocycles. The standard InChI is InChI=1S/C19H18ClN3O3/c20-15-8-4-3-7-14(15)18(25)22-10-9-21-17(24)11-16-12-5-1-2-6-13(12)19(26)23-16/h1-8,16H,9-11H2,(H,21,24)(H,22,25)(H,23,26)/t16-/m0/s1. The lowest BCUT2D eigenvalue weighted by atomic mass is 10.0. The molecule has 0 aromatic heterocycles. The molecule has 0 saturated carbocycles. The topological polar surface area (TPSA) is 87.3 Å². The summed E-state index contributed by atoms with van der Waals surface area (Å²) < 4.78 is 0. The number of nitrogens with one attached hydrogen (secondary N) is 3. The van der Waals surface area contributed by atoms with Crippen LogP contribution in [0.1, 0.15) is 38.7 Å². The summed E-state index contributed by atoms with van der Waals surface area (Å²) in [7, 11) is 0. The van der Waals surface area contributed by atoms with Crippen molar-refractivity contribution in [2.24, 2.45) is 0 Å². The number of hydrogen-bond donors (Lipinski definition) is 3. The van der Waals surface area contributed by atoms with Crippen LogP contribution in [-0.4, -0.2) is 30.8 Å². The van der Waals surface area contributed by atoms with E-state index in [1.807, 2.05) is 12.1 Å². The Morgan fingerprint density at radius 3 is 2.50 bits per heavy atom. The fraction of sp³-hybridized carbons (Fsp3) is 0.211. The molecule has 134 valence electrons. The van der Waals surface area contributed by atoms with E-state index in [4.69, 9.17) is 11.6 Å². The number of hydrogen-bond acceptors (Lipinski definition) is 3. The summed E-state index contributed by atoms with van der Waals surface area (Å²) in [4.78, 5) is 35.9. The first kappa shape index (κ1) is 17.9. The van der Waals surface area contributed by atoms with Crippen LogP contribution in [0.3, 0.4) is 0 Å². The van der Waals surface area contributed by atoms with Crippen molar-refractivity contribution in [3.05, 3.63) is 70.2 Å². The van der Waals surface area contributed by atoms with Crippen LogP contribution in [0.2, 0.25) is 5.02 Å². The van der Waals surface area contributed by atoms with Gasteiger partial charge in [0.25, 0.3) is 11.8 Å². The summed E-state index contributed by atoms with van der Waals surface area (Å²) in [5.74, 6) is -0.647. The van der Waals surface area contributed by atoms with Gasteiger partial charge in [0.05, 0.1) is 23.0 Å². The zero-order valence-electron chi connectivity index (χ0n) is 13.9. The summed E-state index contributed by atoms with van der Waals surface area (Å²) in [6, 6.07) is 13.7. The summed E-state index contributed by atoms with van der Waals surface area (Å²) in [6.07, 6.45) is 0.154. The fourth-order valence-electron chi connectivity index (χ4n) is 2.86. The molecule has 0 bridgehead atoms. The van der Waals surface area contributed by atoms with Gasteiger partial charge in [0, 0.05) is 18.7 Å². The molecule has 0 spiro atoms. The van der Waals surface area contributed by atoms with E-state index in [-0.39, 0.29) is 43.3 Å². The maximum absolute atomic E-state index is 12.1. The van der Waals surface area contributed by atoms with Gasteiger partial charge in [-0.25, -0.2) is 0 Å². The predicted molar refractivity (Wildman–Crippen MR) is 98.1 cm³/mol. The van der Waals surface area contributed by atoms with Crippen LogP contribution in [0.25, 0.3) is 0 Å². The van der Waals surface area contributed by atoms with E-state index < -0.39 is 0 Å². The Kier molecular flexibility index (Phi) is 5.53. The monoisotopic (exact) mass is 371 g/mol. The molecule has 7 heteroatoms. The Balaban J connectivity index is 1.44. The molecule has 0 saturated heterocycles. The molecule has 6 nitrogen and oxygen atoms in total. The van der Waals surface area contributed by atoms with E-state index in [1.165, 1.54) is 0 Å². The van der Waals surface area contributed by atoms with Gasteiger partial charge in [0.1, 0.15) is 0 Å². The minimum Gasteiger partial charge on any atom is -0.354 e. The molecule has 0 aliphatic carbocycles. The van der Waals surface area contributed by atoms with Gasteiger partial charge in [0.2, 0.25) is 5.91 Å². The third kappa shape index (κ3) is 4.03. The van der Waals surface area contributed by atoms with E-state index in [1.54, 1.807) is 36.4 Å². The fourth-order valence-corrected chi connectivity index (χ4v) is 3.08. The molecule has 0 unspecified atom stereocenters. The van der Waals surface area contributed by atoms with Gasteiger partial charge >= 0.3 is 0 Å². The Hall–Kier alpha value is -2.86. The molecule has 0 radical (unpaired) electrons. The van der Waals surface area contributed by atoms with Crippen molar-refractivity contribution in [1.29, 1.82) is 0 Å². The first-order chi connectivity index (χ1) is 12.6. The highest BCUT2D eigenvalue weighted by atomic mass is 35.5. The molecule has 3 amide bonds. The largest absolute Gasteiger partial charge is 0.354 e. The molecule has 1 aliphatic rings. The van der Waals surface area contributed by atoms with E-state index in [0.29, 0.717) is 16.1 Å². The number of carbonyl (C=O) groups is 3. The van der Waals surface area contributed by atoms with Crippen molar-refractivity contribution in [3.63, 3.8) is 0 Å². The Labute approximate surface area is 155 Å². The number of fused-ring (bicyclic) bond motifs is 1. The molecule has 26 heavy (non-hydrogen) atoms. The lowest BCUT2D eigenvalue weighted by Gasteiger charge is -2.12. The van der Waals surface area contributed by atoms with E-state index in [9.17, 15) is 14.4 Å². The average Bonchev–Trinajstić information content (AvgIpc) is 2.95. The summed E-state index contributed by atoms with van der Waals surface area (Å²) in [6.45, 7) is 0.570. The maximum Gasteiger partial charge on any atom is 0.252 e. The van der Waals surface area contributed by atoms with Gasteiger partial charge in [0.15, 0.2) is 0 Å². The number of carbonyl (C=O) groups excluding carboxylic acids is 3. The van der Waals surface area contributed by atoms with Gasteiger partial charge in [-0.3, -0.25) is 14.4 Å². The molecule has 1 heterocycles. The van der Waals surface area contributed by atoms with Crippen LogP contribution < -0.4 is 16.0 Å². The van der Waals surface area contributed by atoms with Crippen LogP contribution in [0, 0.1) is 0 Å². The SMILES string of the molecule is O=C(C[C@@H]1NC(=O)c2ccccc21)NCCNC(=O)c1ccccc1Cl. The zero-order chi connectivity index (χ0) is 18.5. The molecule has 2 aromatic rings. The van der Waals surface area contributed by atoms with Gasteiger partial charge < -0.3 is 16.0 Å². The molecular weight excluding hydrogens is 354 g/mol. The number of halogens is 1. The number of rotatable bonds is 6. The van der Waals surface area contributed by atoms with E-state index in [0.717, 1.165) is 5.56 Å². The van der Waals surface area contributed by atoms with E-state index >= 15 is 0 Å². The van der Waals surface area contributed by atoms with Gasteiger partial charge in [-0.2, -0.15) is 0 Å². The minimum absolute atomic E-state index is 0.154. The van der Waals surface area contributed by atoms with Crippen molar-refractivity contribution >= 4 is 29.3 Å². The second kappa shape index (κ2) is 8.01. The number of amides is 3. The highest BCUT2D eigenvalue weighted by Gasteiger charge is 2.29. The third-order valence-corrected chi connectivity index (χ3v) is 4.46. The van der Waals surface area contributed by atoms with Crippen molar-refractivity contribution in [2.45, 2.75) is 12.5 Å². The molecule has 1 aliphatic heterocycles. The Morgan fingerprint density at radius 2 is 1.69 bits per heavy atom.